The van der Waals surface area contributed by atoms with Crippen molar-refractivity contribution in [2.45, 2.75) is 40.0 Å². The number of ether oxygens (including phenoxy) is 1. The minimum absolute atomic E-state index is 0.795. The van der Waals surface area contributed by atoms with E-state index in [1.807, 2.05) is 0 Å². The average Bonchev–Trinajstić information content (AvgIpc) is 1.99. The number of hydrogen-bond donors (Lipinski definition) is 0. The second kappa shape index (κ2) is 6.66. The predicted molar refractivity (Wildman–Crippen MR) is 43.6 cm³/mol. The molecule has 59 valence electrons. The van der Waals surface area contributed by atoms with E-state index < -0.39 is 0 Å². The average molecular weight is 141 g/mol. The van der Waals surface area contributed by atoms with Crippen LogP contribution in [0.3, 0.4) is 0 Å². The van der Waals surface area contributed by atoms with E-state index in [2.05, 4.69) is 27.0 Å². The Morgan fingerprint density at radius 1 is 1.20 bits per heavy atom. The van der Waals surface area contributed by atoms with E-state index >= 15 is 0 Å². The Morgan fingerprint density at radius 3 is 2.20 bits per heavy atom. The molecule has 1 heteroatoms. The molecule has 1 radical (unpaired) electrons. The first-order valence-corrected chi connectivity index (χ1v) is 4.07. The van der Waals surface area contributed by atoms with Crippen LogP contribution in [-0.2, 0) is 4.74 Å². The van der Waals surface area contributed by atoms with Crippen molar-refractivity contribution in [2.24, 2.45) is 0 Å². The van der Waals surface area contributed by atoms with Gasteiger partial charge in [0.25, 0.3) is 0 Å². The molecule has 0 spiro atoms. The number of allylic oxidation sites excluding steroid dienone is 1. The molecule has 0 heterocycles. The third-order valence-corrected chi connectivity index (χ3v) is 1.38. The molecule has 0 aliphatic rings. The normalized spacial score (nSPS) is 9.10. The van der Waals surface area contributed by atoms with Gasteiger partial charge in [-0.1, -0.05) is 20.8 Å². The molecule has 0 aromatic rings. The first-order valence-electron chi connectivity index (χ1n) is 4.07. The fourth-order valence-electron chi connectivity index (χ4n) is 0.649. The maximum absolute atomic E-state index is 5.14. The molecule has 0 fully saturated rings. The van der Waals surface area contributed by atoms with Gasteiger partial charge in [-0.2, -0.15) is 0 Å². The lowest BCUT2D eigenvalue weighted by atomic mass is 10.2. The van der Waals surface area contributed by atoms with Crippen molar-refractivity contribution in [1.29, 1.82) is 0 Å². The van der Waals surface area contributed by atoms with Gasteiger partial charge in [-0.25, -0.2) is 0 Å². The van der Waals surface area contributed by atoms with Crippen LogP contribution in [0, 0.1) is 6.26 Å². The summed E-state index contributed by atoms with van der Waals surface area (Å²) < 4.78 is 5.14. The zero-order valence-electron chi connectivity index (χ0n) is 7.24. The molecule has 0 saturated carbocycles. The Balaban J connectivity index is 3.43. The first kappa shape index (κ1) is 9.54. The Labute approximate surface area is 64.1 Å². The molecule has 1 nitrogen and oxygen atoms in total. The van der Waals surface area contributed by atoms with E-state index in [1.54, 1.807) is 0 Å². The van der Waals surface area contributed by atoms with E-state index in [0.717, 1.165) is 25.9 Å². The van der Waals surface area contributed by atoms with Gasteiger partial charge in [0.05, 0.1) is 6.61 Å². The zero-order valence-corrected chi connectivity index (χ0v) is 7.24. The van der Waals surface area contributed by atoms with Crippen molar-refractivity contribution >= 4 is 0 Å². The molecule has 0 aliphatic carbocycles. The summed E-state index contributed by atoms with van der Waals surface area (Å²) in [5.41, 5.74) is 1.27. The van der Waals surface area contributed by atoms with Gasteiger partial charge in [-0.3, -0.25) is 0 Å². The Hall–Kier alpha value is -0.460. The summed E-state index contributed by atoms with van der Waals surface area (Å²) in [6, 6.07) is 0. The van der Waals surface area contributed by atoms with Crippen molar-refractivity contribution in [3.05, 3.63) is 11.8 Å². The SMILES string of the molecule is CCCO[C]=C(CC)CC. The second-order valence-electron chi connectivity index (χ2n) is 2.26. The quantitative estimate of drug-likeness (QED) is 0.422. The maximum Gasteiger partial charge on any atom is 0.160 e. The van der Waals surface area contributed by atoms with Gasteiger partial charge in [-0.15, -0.1) is 0 Å². The van der Waals surface area contributed by atoms with Crippen molar-refractivity contribution < 1.29 is 4.74 Å². The van der Waals surface area contributed by atoms with Crippen LogP contribution in [0.15, 0.2) is 5.57 Å². The van der Waals surface area contributed by atoms with E-state index in [-0.39, 0.29) is 0 Å². The molecule has 0 rings (SSSR count). The highest BCUT2D eigenvalue weighted by molar-refractivity contribution is 4.90. The number of hydrogen-bond acceptors (Lipinski definition) is 1. The van der Waals surface area contributed by atoms with Gasteiger partial charge in [0, 0.05) is 0 Å². The van der Waals surface area contributed by atoms with Gasteiger partial charge in [0.2, 0.25) is 0 Å². The van der Waals surface area contributed by atoms with Crippen LogP contribution in [0.5, 0.6) is 0 Å². The Bertz CT molecular complexity index is 88.9. The molecule has 0 aromatic carbocycles. The molecule has 0 bridgehead atoms. The zero-order chi connectivity index (χ0) is 7.82. The largest absolute Gasteiger partial charge is 0.490 e. The summed E-state index contributed by atoms with van der Waals surface area (Å²) in [5.74, 6) is 0. The Morgan fingerprint density at radius 2 is 1.80 bits per heavy atom. The highest BCUT2D eigenvalue weighted by Crippen LogP contribution is 2.03. The fraction of sp³-hybridized carbons (Fsp3) is 0.778. The van der Waals surface area contributed by atoms with Crippen LogP contribution in [0.25, 0.3) is 0 Å². The standard InChI is InChI=1S/C9H17O/c1-4-7-10-8-9(5-2)6-3/h4-7H2,1-3H3. The van der Waals surface area contributed by atoms with E-state index in [0.29, 0.717) is 0 Å². The first-order chi connectivity index (χ1) is 4.85. The monoisotopic (exact) mass is 141 g/mol. The van der Waals surface area contributed by atoms with Crippen LogP contribution in [-0.4, -0.2) is 6.61 Å². The van der Waals surface area contributed by atoms with E-state index in [4.69, 9.17) is 4.74 Å². The van der Waals surface area contributed by atoms with Gasteiger partial charge in [0.15, 0.2) is 6.26 Å². The van der Waals surface area contributed by atoms with E-state index in [1.165, 1.54) is 5.57 Å². The van der Waals surface area contributed by atoms with Crippen molar-refractivity contribution in [1.82, 2.24) is 0 Å². The van der Waals surface area contributed by atoms with Crippen LogP contribution >= 0.6 is 0 Å². The highest BCUT2D eigenvalue weighted by Gasteiger charge is 1.89. The van der Waals surface area contributed by atoms with Gasteiger partial charge in [-0.05, 0) is 24.8 Å². The summed E-state index contributed by atoms with van der Waals surface area (Å²) in [6.07, 6.45) is 6.11. The van der Waals surface area contributed by atoms with Gasteiger partial charge < -0.3 is 4.74 Å². The molecule has 0 amide bonds. The van der Waals surface area contributed by atoms with E-state index in [9.17, 15) is 0 Å². The molecule has 10 heavy (non-hydrogen) atoms. The summed E-state index contributed by atoms with van der Waals surface area (Å²) in [6.45, 7) is 7.14. The van der Waals surface area contributed by atoms with Crippen molar-refractivity contribution in [3.63, 3.8) is 0 Å². The summed E-state index contributed by atoms with van der Waals surface area (Å²) in [5, 5.41) is 0. The smallest absolute Gasteiger partial charge is 0.160 e. The summed E-state index contributed by atoms with van der Waals surface area (Å²) in [7, 11) is 0. The lowest BCUT2D eigenvalue weighted by Gasteiger charge is -1.99. The minimum atomic E-state index is 0.795. The molecule has 0 aliphatic heterocycles. The molecule has 0 unspecified atom stereocenters. The molecular weight excluding hydrogens is 124 g/mol. The number of rotatable bonds is 5. The third kappa shape index (κ3) is 4.42. The molecule has 0 N–H and O–H groups in total. The van der Waals surface area contributed by atoms with Crippen LogP contribution in [0.2, 0.25) is 0 Å². The van der Waals surface area contributed by atoms with Crippen molar-refractivity contribution in [3.8, 4) is 0 Å². The predicted octanol–water partition coefficient (Wildman–Crippen LogP) is 2.92. The fourth-order valence-corrected chi connectivity index (χ4v) is 0.649. The lowest BCUT2D eigenvalue weighted by molar-refractivity contribution is 0.224. The molecule has 0 saturated heterocycles. The molecular formula is C9H17O. The lowest BCUT2D eigenvalue weighted by Crippen LogP contribution is -1.87. The van der Waals surface area contributed by atoms with Crippen molar-refractivity contribution in [2.75, 3.05) is 6.61 Å². The molecule has 0 atom stereocenters. The van der Waals surface area contributed by atoms with Crippen LogP contribution in [0.1, 0.15) is 40.0 Å². The summed E-state index contributed by atoms with van der Waals surface area (Å²) >= 11 is 0. The summed E-state index contributed by atoms with van der Waals surface area (Å²) in [4.78, 5) is 0. The van der Waals surface area contributed by atoms with Gasteiger partial charge in [0.1, 0.15) is 0 Å². The van der Waals surface area contributed by atoms with Crippen LogP contribution in [0.4, 0.5) is 0 Å². The minimum Gasteiger partial charge on any atom is -0.490 e. The third-order valence-electron chi connectivity index (χ3n) is 1.38. The second-order valence-corrected chi connectivity index (χ2v) is 2.26. The topological polar surface area (TPSA) is 9.23 Å². The maximum atomic E-state index is 5.14. The highest BCUT2D eigenvalue weighted by atomic mass is 16.5. The van der Waals surface area contributed by atoms with Crippen LogP contribution < -0.4 is 0 Å². The van der Waals surface area contributed by atoms with Gasteiger partial charge >= 0.3 is 0 Å². The Kier molecular flexibility index (Phi) is 6.35. The molecule has 0 aromatic heterocycles.